The van der Waals surface area contributed by atoms with Crippen LogP contribution in [0.25, 0.3) is 11.1 Å². The maximum atomic E-state index is 15.7. The maximum absolute atomic E-state index is 15.7. The Morgan fingerprint density at radius 1 is 0.708 bits per heavy atom. The molecular weight excluding hydrogens is 611 g/mol. The maximum Gasteiger partial charge on any atom is 0.453 e. The van der Waals surface area contributed by atoms with Crippen molar-refractivity contribution < 1.29 is 22.0 Å². The third-order valence-electron chi connectivity index (χ3n) is 15.4. The molecule has 0 nitrogen and oxygen atoms in total. The molecule has 0 radical (unpaired) electrons. The molecule has 0 aromatic heterocycles. The van der Waals surface area contributed by atoms with Crippen molar-refractivity contribution in [3.63, 3.8) is 0 Å². The summed E-state index contributed by atoms with van der Waals surface area (Å²) in [5.74, 6) is -5.00. The van der Waals surface area contributed by atoms with Gasteiger partial charge in [0.1, 0.15) is 0 Å². The molecule has 5 aliphatic rings. The van der Waals surface area contributed by atoms with Crippen LogP contribution in [0.5, 0.6) is 0 Å². The SMILES string of the molecule is CCc1ccc(-c2ccc(C3CC4(C)C(CCC4(C)C(F)(F)C(F)(F)F)C4CC[C@@]5(C)CC6(CCC5=C34)CCC(C)(C)CC6)cc2)cc1. The highest BCUT2D eigenvalue weighted by Gasteiger charge is 2.77. The first-order valence-electron chi connectivity index (χ1n) is 18.8. The zero-order valence-electron chi connectivity index (χ0n) is 29.9. The van der Waals surface area contributed by atoms with Crippen LogP contribution >= 0.6 is 0 Å². The molecule has 0 aliphatic heterocycles. The summed E-state index contributed by atoms with van der Waals surface area (Å²) in [4.78, 5) is 0. The highest BCUT2D eigenvalue weighted by Crippen LogP contribution is 2.75. The molecule has 0 amide bonds. The average molecular weight is 667 g/mol. The molecule has 0 saturated heterocycles. The van der Waals surface area contributed by atoms with Crippen LogP contribution < -0.4 is 0 Å². The molecule has 6 atom stereocenters. The van der Waals surface area contributed by atoms with Gasteiger partial charge in [-0.25, -0.2) is 0 Å². The lowest BCUT2D eigenvalue weighted by Crippen LogP contribution is -2.59. The van der Waals surface area contributed by atoms with E-state index in [9.17, 15) is 13.2 Å². The van der Waals surface area contributed by atoms with E-state index in [0.717, 1.165) is 42.4 Å². The van der Waals surface area contributed by atoms with Gasteiger partial charge in [0.15, 0.2) is 0 Å². The van der Waals surface area contributed by atoms with Gasteiger partial charge in [0.05, 0.1) is 0 Å². The molecule has 262 valence electrons. The molecule has 5 aliphatic carbocycles. The van der Waals surface area contributed by atoms with Gasteiger partial charge in [-0.15, -0.1) is 0 Å². The first-order chi connectivity index (χ1) is 22.4. The summed E-state index contributed by atoms with van der Waals surface area (Å²) in [5.41, 5.74) is 5.09. The standard InChI is InChI=1S/C43H55F5/c1-7-28-8-10-29(11-9-28)30-12-14-31(15-13-30)33-26-39(5)34(17-20-40(39,6)42(44,45)43(46,47)48)32-16-19-38(4)27-41(21-18-35(38)36(32)33)24-22-37(2,3)23-25-41/h8-15,32-34H,7,16-27H2,1-6H3/t32?,33?,34?,38-,39?,40?/m0/s1. The van der Waals surface area contributed by atoms with Crippen molar-refractivity contribution in [3.05, 3.63) is 70.8 Å². The Morgan fingerprint density at radius 3 is 1.90 bits per heavy atom. The summed E-state index contributed by atoms with van der Waals surface area (Å²) >= 11 is 0. The zero-order chi connectivity index (χ0) is 34.5. The molecule has 0 heterocycles. The Bertz CT molecular complexity index is 1550. The molecule has 2 aromatic carbocycles. The predicted molar refractivity (Wildman–Crippen MR) is 185 cm³/mol. The number of rotatable bonds is 4. The van der Waals surface area contributed by atoms with Crippen LogP contribution in [0.2, 0.25) is 0 Å². The number of hydrogen-bond acceptors (Lipinski definition) is 0. The molecule has 4 fully saturated rings. The summed E-state index contributed by atoms with van der Waals surface area (Å²) in [6, 6.07) is 17.1. The van der Waals surface area contributed by atoms with Gasteiger partial charge < -0.3 is 0 Å². The van der Waals surface area contributed by atoms with E-state index in [0.29, 0.717) is 23.7 Å². The number of hydrogen-bond donors (Lipinski definition) is 0. The molecule has 4 saturated carbocycles. The van der Waals surface area contributed by atoms with E-state index in [-0.39, 0.29) is 29.6 Å². The smallest absolute Gasteiger partial charge is 0.196 e. The van der Waals surface area contributed by atoms with Crippen molar-refractivity contribution in [2.75, 3.05) is 0 Å². The molecule has 0 bridgehead atoms. The predicted octanol–water partition coefficient (Wildman–Crippen LogP) is 13.5. The van der Waals surface area contributed by atoms with Crippen LogP contribution in [0.1, 0.15) is 136 Å². The van der Waals surface area contributed by atoms with E-state index in [1.165, 1.54) is 62.2 Å². The number of fused-ring (bicyclic) bond motifs is 4. The van der Waals surface area contributed by atoms with Crippen molar-refractivity contribution in [3.8, 4) is 11.1 Å². The normalized spacial score (nSPS) is 36.0. The molecular formula is C43H55F5. The fourth-order valence-corrected chi connectivity index (χ4v) is 12.1. The second-order valence-electron chi connectivity index (χ2n) is 18.4. The van der Waals surface area contributed by atoms with E-state index >= 15 is 8.78 Å². The van der Waals surface area contributed by atoms with E-state index in [4.69, 9.17) is 0 Å². The molecule has 48 heavy (non-hydrogen) atoms. The lowest BCUT2D eigenvalue weighted by Gasteiger charge is -2.61. The monoisotopic (exact) mass is 666 g/mol. The number of allylic oxidation sites excluding steroid dienone is 2. The molecule has 5 unspecified atom stereocenters. The fourth-order valence-electron chi connectivity index (χ4n) is 12.1. The van der Waals surface area contributed by atoms with Gasteiger partial charge >= 0.3 is 12.1 Å². The molecule has 0 N–H and O–H groups in total. The summed E-state index contributed by atoms with van der Waals surface area (Å²) in [6.45, 7) is 12.5. The quantitative estimate of drug-likeness (QED) is 0.225. The number of alkyl halides is 5. The lowest BCUT2D eigenvalue weighted by atomic mass is 9.44. The van der Waals surface area contributed by atoms with Crippen molar-refractivity contribution in [2.24, 2.45) is 38.9 Å². The first kappa shape index (κ1) is 34.3. The fraction of sp³-hybridized carbons (Fsp3) is 0.674. The van der Waals surface area contributed by atoms with Crippen molar-refractivity contribution >= 4 is 0 Å². The Labute approximate surface area is 285 Å². The summed E-state index contributed by atoms with van der Waals surface area (Å²) in [7, 11) is 0. The number of aryl methyl sites for hydroxylation is 1. The van der Waals surface area contributed by atoms with Gasteiger partial charge in [-0.3, -0.25) is 0 Å². The zero-order valence-corrected chi connectivity index (χ0v) is 29.9. The van der Waals surface area contributed by atoms with Gasteiger partial charge in [-0.2, -0.15) is 22.0 Å². The van der Waals surface area contributed by atoms with Crippen molar-refractivity contribution in [1.82, 2.24) is 0 Å². The van der Waals surface area contributed by atoms with E-state index in [1.54, 1.807) is 6.92 Å². The van der Waals surface area contributed by atoms with Gasteiger partial charge in [-0.05, 0) is 139 Å². The van der Waals surface area contributed by atoms with E-state index in [1.807, 2.05) is 0 Å². The van der Waals surface area contributed by atoms with Crippen LogP contribution in [-0.2, 0) is 6.42 Å². The minimum absolute atomic E-state index is 0.0586. The lowest BCUT2D eigenvalue weighted by molar-refractivity contribution is -0.341. The van der Waals surface area contributed by atoms with Crippen molar-refractivity contribution in [2.45, 2.75) is 143 Å². The second kappa shape index (κ2) is 11.2. The largest absolute Gasteiger partial charge is 0.453 e. The molecule has 2 aromatic rings. The van der Waals surface area contributed by atoms with Crippen molar-refractivity contribution in [1.29, 1.82) is 0 Å². The van der Waals surface area contributed by atoms with Crippen LogP contribution in [0.3, 0.4) is 0 Å². The second-order valence-corrected chi connectivity index (χ2v) is 18.4. The molecule has 1 spiro atoms. The van der Waals surface area contributed by atoms with Gasteiger partial charge in [-0.1, -0.05) is 101 Å². The Morgan fingerprint density at radius 2 is 1.31 bits per heavy atom. The summed E-state index contributed by atoms with van der Waals surface area (Å²) in [5, 5.41) is 0. The highest BCUT2D eigenvalue weighted by molar-refractivity contribution is 5.64. The Hall–Kier alpha value is -2.17. The van der Waals surface area contributed by atoms with E-state index < -0.39 is 22.9 Å². The molecule has 5 heteroatoms. The number of halogens is 5. The van der Waals surface area contributed by atoms with Crippen LogP contribution in [-0.4, -0.2) is 12.1 Å². The first-order valence-corrected chi connectivity index (χ1v) is 18.8. The minimum Gasteiger partial charge on any atom is -0.196 e. The van der Waals surface area contributed by atoms with Gasteiger partial charge in [0, 0.05) is 11.3 Å². The van der Waals surface area contributed by atoms with Gasteiger partial charge in [0.25, 0.3) is 0 Å². The Kier molecular flexibility index (Phi) is 7.97. The third kappa shape index (κ3) is 5.08. The van der Waals surface area contributed by atoms with Crippen LogP contribution in [0.4, 0.5) is 22.0 Å². The topological polar surface area (TPSA) is 0 Å². The molecule has 7 rings (SSSR count). The van der Waals surface area contributed by atoms with Crippen LogP contribution in [0.15, 0.2) is 59.7 Å². The minimum atomic E-state index is -5.57. The van der Waals surface area contributed by atoms with E-state index in [2.05, 4.69) is 76.2 Å². The average Bonchev–Trinajstić information content (AvgIpc) is 3.32. The number of benzene rings is 2. The van der Waals surface area contributed by atoms with Gasteiger partial charge in [0.2, 0.25) is 0 Å². The van der Waals surface area contributed by atoms with Crippen LogP contribution in [0, 0.1) is 38.9 Å². The third-order valence-corrected chi connectivity index (χ3v) is 15.4. The Balaban J connectivity index is 1.32. The highest BCUT2D eigenvalue weighted by atomic mass is 19.4. The summed E-state index contributed by atoms with van der Waals surface area (Å²) < 4.78 is 74.1. The summed E-state index contributed by atoms with van der Waals surface area (Å²) in [6.07, 6.45) is 6.49.